The van der Waals surface area contributed by atoms with Gasteiger partial charge in [-0.05, 0) is 38.5 Å². The van der Waals surface area contributed by atoms with E-state index in [1.54, 1.807) is 32.9 Å². The number of hydrogen-bond acceptors (Lipinski definition) is 6. The van der Waals surface area contributed by atoms with Crippen molar-refractivity contribution in [2.75, 3.05) is 13.7 Å². The van der Waals surface area contributed by atoms with Crippen molar-refractivity contribution in [1.29, 1.82) is 0 Å². The molecular formula is C17H25N3O6. The lowest BCUT2D eigenvalue weighted by molar-refractivity contribution is -0.148. The second-order valence-electron chi connectivity index (χ2n) is 6.76. The van der Waals surface area contributed by atoms with Crippen LogP contribution in [0, 0.1) is 0 Å². The Morgan fingerprint density at radius 3 is 2.19 bits per heavy atom. The van der Waals surface area contributed by atoms with E-state index >= 15 is 0 Å². The van der Waals surface area contributed by atoms with Crippen LogP contribution in [0.25, 0.3) is 0 Å². The predicted molar refractivity (Wildman–Crippen MR) is 93.5 cm³/mol. The van der Waals surface area contributed by atoms with Gasteiger partial charge in [0.25, 0.3) is 0 Å². The molecule has 0 saturated heterocycles. The second kappa shape index (κ2) is 8.41. The molecule has 9 nitrogen and oxygen atoms in total. The van der Waals surface area contributed by atoms with Crippen molar-refractivity contribution in [1.82, 2.24) is 10.6 Å². The smallest absolute Gasteiger partial charge is 0.408 e. The van der Waals surface area contributed by atoms with E-state index in [0.717, 1.165) is 7.11 Å². The van der Waals surface area contributed by atoms with Gasteiger partial charge in [-0.1, -0.05) is 12.1 Å². The first-order chi connectivity index (χ1) is 12.0. The number of primary amides is 1. The number of phenolic OH excluding ortho intramolecular Hbond substituents is 1. The van der Waals surface area contributed by atoms with Crippen molar-refractivity contribution >= 4 is 18.1 Å². The molecule has 0 aliphatic heterocycles. The fraction of sp³-hybridized carbons (Fsp3) is 0.471. The lowest BCUT2D eigenvalue weighted by atomic mass is 9.90. The summed E-state index contributed by atoms with van der Waals surface area (Å²) in [6.07, 6.45) is -0.882. The van der Waals surface area contributed by atoms with Gasteiger partial charge in [-0.15, -0.1) is 0 Å². The number of phenols is 1. The van der Waals surface area contributed by atoms with Crippen molar-refractivity contribution < 1.29 is 29.0 Å². The van der Waals surface area contributed by atoms with E-state index in [1.807, 2.05) is 0 Å². The normalized spacial score (nSPS) is 13.2. The SMILES string of the molecule is COC(=O)C(CNC(N)=O)(Cc1ccc(O)cc1)NC(=O)OC(C)(C)C. The predicted octanol–water partition coefficient (Wildman–Crippen LogP) is 1.04. The molecule has 0 aliphatic rings. The van der Waals surface area contributed by atoms with Crippen LogP contribution in [0.2, 0.25) is 0 Å². The summed E-state index contributed by atoms with van der Waals surface area (Å²) in [6, 6.07) is 5.16. The van der Waals surface area contributed by atoms with Crippen molar-refractivity contribution in [2.24, 2.45) is 5.73 Å². The molecule has 144 valence electrons. The van der Waals surface area contributed by atoms with Gasteiger partial charge in [0.2, 0.25) is 0 Å². The first kappa shape index (κ1) is 21.1. The fourth-order valence-corrected chi connectivity index (χ4v) is 2.24. The molecule has 0 spiro atoms. The number of aromatic hydroxyl groups is 1. The number of esters is 1. The van der Waals surface area contributed by atoms with Crippen LogP contribution < -0.4 is 16.4 Å². The standard InChI is InChI=1S/C17H25N3O6/c1-16(2,3)26-15(24)20-17(13(22)25-4,10-19-14(18)23)9-11-5-7-12(21)8-6-11/h5-8,21H,9-10H2,1-4H3,(H,20,24)(H3,18,19,23). The topological polar surface area (TPSA) is 140 Å². The zero-order valence-corrected chi connectivity index (χ0v) is 15.3. The highest BCUT2D eigenvalue weighted by molar-refractivity contribution is 5.87. The molecule has 0 heterocycles. The highest BCUT2D eigenvalue weighted by Gasteiger charge is 2.43. The third kappa shape index (κ3) is 6.50. The molecule has 0 bridgehead atoms. The Morgan fingerprint density at radius 2 is 1.73 bits per heavy atom. The first-order valence-corrected chi connectivity index (χ1v) is 7.88. The lowest BCUT2D eigenvalue weighted by Crippen LogP contribution is -2.63. The van der Waals surface area contributed by atoms with E-state index in [9.17, 15) is 19.5 Å². The number of alkyl carbamates (subject to hydrolysis) is 1. The second-order valence-corrected chi connectivity index (χ2v) is 6.76. The quantitative estimate of drug-likeness (QED) is 0.554. The van der Waals surface area contributed by atoms with Gasteiger partial charge in [0.1, 0.15) is 11.4 Å². The number of carbonyl (C=O) groups is 3. The molecule has 1 unspecified atom stereocenters. The number of urea groups is 1. The molecule has 0 fully saturated rings. The Labute approximate surface area is 151 Å². The van der Waals surface area contributed by atoms with Crippen LogP contribution in [0.15, 0.2) is 24.3 Å². The molecule has 26 heavy (non-hydrogen) atoms. The van der Waals surface area contributed by atoms with E-state index in [-0.39, 0.29) is 18.7 Å². The number of methoxy groups -OCH3 is 1. The lowest BCUT2D eigenvalue weighted by Gasteiger charge is -2.33. The number of benzene rings is 1. The third-order valence-electron chi connectivity index (χ3n) is 3.32. The maximum absolute atomic E-state index is 12.5. The number of ether oxygens (including phenoxy) is 2. The van der Waals surface area contributed by atoms with E-state index in [1.165, 1.54) is 12.1 Å². The number of carbonyl (C=O) groups excluding carboxylic acids is 3. The minimum absolute atomic E-state index is 0.0283. The summed E-state index contributed by atoms with van der Waals surface area (Å²) >= 11 is 0. The molecule has 0 radical (unpaired) electrons. The molecule has 1 aromatic carbocycles. The van der Waals surface area contributed by atoms with E-state index < -0.39 is 29.2 Å². The Hall–Kier alpha value is -2.97. The average Bonchev–Trinajstić information content (AvgIpc) is 2.52. The summed E-state index contributed by atoms with van der Waals surface area (Å²) in [7, 11) is 1.16. The molecule has 5 N–H and O–H groups in total. The van der Waals surface area contributed by atoms with Crippen LogP contribution in [-0.4, -0.2) is 48.0 Å². The molecule has 1 atom stereocenters. The third-order valence-corrected chi connectivity index (χ3v) is 3.32. The molecule has 1 aromatic rings. The van der Waals surface area contributed by atoms with Crippen molar-refractivity contribution in [2.45, 2.75) is 38.3 Å². The van der Waals surface area contributed by atoms with Gasteiger partial charge >= 0.3 is 18.1 Å². The maximum atomic E-state index is 12.5. The molecule has 0 saturated carbocycles. The van der Waals surface area contributed by atoms with Crippen LogP contribution in [-0.2, 0) is 20.7 Å². The zero-order chi connectivity index (χ0) is 20.0. The van der Waals surface area contributed by atoms with Crippen molar-refractivity contribution in [3.63, 3.8) is 0 Å². The summed E-state index contributed by atoms with van der Waals surface area (Å²) in [5.74, 6) is -0.738. The highest BCUT2D eigenvalue weighted by atomic mass is 16.6. The monoisotopic (exact) mass is 367 g/mol. The van der Waals surface area contributed by atoms with Crippen LogP contribution in [0.5, 0.6) is 5.75 Å². The van der Waals surface area contributed by atoms with Gasteiger partial charge in [0.05, 0.1) is 13.7 Å². The molecule has 0 aliphatic carbocycles. The van der Waals surface area contributed by atoms with Gasteiger partial charge in [-0.2, -0.15) is 0 Å². The minimum Gasteiger partial charge on any atom is -0.508 e. The van der Waals surface area contributed by atoms with Gasteiger partial charge in [0.15, 0.2) is 5.54 Å². The number of nitrogens with one attached hydrogen (secondary N) is 2. The highest BCUT2D eigenvalue weighted by Crippen LogP contribution is 2.19. The Kier molecular flexibility index (Phi) is 6.82. The van der Waals surface area contributed by atoms with E-state index in [2.05, 4.69) is 10.6 Å². The van der Waals surface area contributed by atoms with Crippen molar-refractivity contribution in [3.05, 3.63) is 29.8 Å². The molecule has 1 rings (SSSR count). The first-order valence-electron chi connectivity index (χ1n) is 7.88. The van der Waals surface area contributed by atoms with Gasteiger partial charge < -0.3 is 30.9 Å². The van der Waals surface area contributed by atoms with Crippen LogP contribution >= 0.6 is 0 Å². The summed E-state index contributed by atoms with van der Waals surface area (Å²) in [5, 5.41) is 14.2. The largest absolute Gasteiger partial charge is 0.508 e. The summed E-state index contributed by atoms with van der Waals surface area (Å²) in [5.41, 5.74) is 3.28. The van der Waals surface area contributed by atoms with Crippen molar-refractivity contribution in [3.8, 4) is 5.75 Å². The van der Waals surface area contributed by atoms with E-state index in [4.69, 9.17) is 15.2 Å². The Morgan fingerprint density at radius 1 is 1.15 bits per heavy atom. The fourth-order valence-electron chi connectivity index (χ4n) is 2.24. The maximum Gasteiger partial charge on any atom is 0.408 e. The summed E-state index contributed by atoms with van der Waals surface area (Å²) < 4.78 is 10.0. The number of nitrogens with two attached hydrogens (primary N) is 1. The molecule has 0 aromatic heterocycles. The summed E-state index contributed by atoms with van der Waals surface area (Å²) in [4.78, 5) is 35.9. The number of hydrogen-bond donors (Lipinski definition) is 4. The average molecular weight is 367 g/mol. The molecular weight excluding hydrogens is 342 g/mol. The Balaban J connectivity index is 3.20. The minimum atomic E-state index is -1.65. The van der Waals surface area contributed by atoms with Crippen LogP contribution in [0.3, 0.4) is 0 Å². The van der Waals surface area contributed by atoms with Gasteiger partial charge in [-0.25, -0.2) is 14.4 Å². The van der Waals surface area contributed by atoms with Crippen LogP contribution in [0.4, 0.5) is 9.59 Å². The molecule has 9 heteroatoms. The summed E-state index contributed by atoms with van der Waals surface area (Å²) in [6.45, 7) is 4.71. The Bertz CT molecular complexity index is 653. The van der Waals surface area contributed by atoms with Gasteiger partial charge in [0, 0.05) is 6.42 Å². The van der Waals surface area contributed by atoms with E-state index in [0.29, 0.717) is 5.56 Å². The number of amides is 3. The van der Waals surface area contributed by atoms with Gasteiger partial charge in [-0.3, -0.25) is 0 Å². The molecule has 3 amide bonds. The number of rotatable bonds is 6. The zero-order valence-electron chi connectivity index (χ0n) is 15.3. The van der Waals surface area contributed by atoms with Crippen LogP contribution in [0.1, 0.15) is 26.3 Å².